The average molecular weight is 352 g/mol. The first kappa shape index (κ1) is 15.2. The van der Waals surface area contributed by atoms with Gasteiger partial charge in [0, 0.05) is 35.0 Å². The van der Waals surface area contributed by atoms with E-state index < -0.39 is 4.92 Å². The van der Waals surface area contributed by atoms with E-state index in [2.05, 4.69) is 21.2 Å². The second-order valence-corrected chi connectivity index (χ2v) is 5.41. The topological polar surface area (TPSA) is 77.2 Å². The number of nitro groups is 1. The number of rotatable bonds is 5. The number of hydrogen-bond acceptors (Lipinski definition) is 3. The van der Waals surface area contributed by atoms with Gasteiger partial charge in [0.15, 0.2) is 0 Å². The van der Waals surface area contributed by atoms with E-state index in [9.17, 15) is 14.9 Å². The Balaban J connectivity index is 2.22. The summed E-state index contributed by atoms with van der Waals surface area (Å²) in [4.78, 5) is 22.5. The highest BCUT2D eigenvalue weighted by molar-refractivity contribution is 9.10. The minimum absolute atomic E-state index is 0.0575. The van der Waals surface area contributed by atoms with Crippen LogP contribution in [0.1, 0.15) is 23.8 Å². The summed E-state index contributed by atoms with van der Waals surface area (Å²) >= 11 is 3.35. The van der Waals surface area contributed by atoms with Gasteiger partial charge in [-0.05, 0) is 34.5 Å². The molecule has 1 amide bonds. The molecule has 110 valence electrons. The molecular weight excluding hydrogens is 338 g/mol. The first-order valence-electron chi connectivity index (χ1n) is 6.42. The molecule has 0 saturated heterocycles. The Kier molecular flexibility index (Phi) is 4.74. The van der Waals surface area contributed by atoms with Crippen LogP contribution in [0.4, 0.5) is 11.4 Å². The predicted molar refractivity (Wildman–Crippen MR) is 83.5 cm³/mol. The number of anilines is 1. The number of halogens is 1. The van der Waals surface area contributed by atoms with E-state index >= 15 is 0 Å². The largest absolute Gasteiger partial charge is 0.342 e. The quantitative estimate of drug-likeness (QED) is 0.656. The fourth-order valence-electron chi connectivity index (χ4n) is 1.98. The molecule has 0 unspecified atom stereocenters. The normalized spacial score (nSPS) is 10.4. The number of carbonyl (C=O) groups is 1. The molecule has 0 aliphatic carbocycles. The van der Waals surface area contributed by atoms with Gasteiger partial charge in [0.25, 0.3) is 11.6 Å². The molecule has 0 bridgehead atoms. The maximum atomic E-state index is 12.3. The van der Waals surface area contributed by atoms with E-state index in [1.54, 1.807) is 12.1 Å². The highest BCUT2D eigenvalue weighted by atomic mass is 79.9. The predicted octanol–water partition coefficient (Wildman–Crippen LogP) is 3.82. The minimum Gasteiger partial charge on any atom is -0.342 e. The van der Waals surface area contributed by atoms with Gasteiger partial charge in [0.2, 0.25) is 0 Å². The number of benzene rings is 1. The Hall–Kier alpha value is -2.15. The van der Waals surface area contributed by atoms with Crippen LogP contribution in [0.5, 0.6) is 0 Å². The minimum atomic E-state index is -0.494. The molecule has 2 rings (SSSR count). The molecule has 0 atom stereocenters. The lowest BCUT2D eigenvalue weighted by Gasteiger charge is -2.08. The standard InChI is InChI=1S/C14H14BrN3O3/c1-2-6-17-9-10(15)7-13(17)14(19)16-11-4-3-5-12(8-11)18(20)21/h3-5,7-9H,2,6H2,1H3,(H,16,19). The molecule has 0 radical (unpaired) electrons. The first-order valence-corrected chi connectivity index (χ1v) is 7.22. The van der Waals surface area contributed by atoms with E-state index in [1.165, 1.54) is 18.2 Å². The summed E-state index contributed by atoms with van der Waals surface area (Å²) in [6.45, 7) is 2.75. The molecule has 1 aromatic heterocycles. The third-order valence-corrected chi connectivity index (χ3v) is 3.31. The summed E-state index contributed by atoms with van der Waals surface area (Å²) in [5.41, 5.74) is 0.850. The number of amides is 1. The van der Waals surface area contributed by atoms with Crippen LogP contribution >= 0.6 is 15.9 Å². The SMILES string of the molecule is CCCn1cc(Br)cc1C(=O)Nc1cccc([N+](=O)[O-])c1. The zero-order valence-electron chi connectivity index (χ0n) is 11.4. The summed E-state index contributed by atoms with van der Waals surface area (Å²) in [7, 11) is 0. The summed E-state index contributed by atoms with van der Waals surface area (Å²) in [5.74, 6) is -0.297. The molecular formula is C14H14BrN3O3. The summed E-state index contributed by atoms with van der Waals surface area (Å²) in [6, 6.07) is 7.59. The van der Waals surface area contributed by atoms with Crippen molar-refractivity contribution in [2.75, 3.05) is 5.32 Å². The zero-order valence-corrected chi connectivity index (χ0v) is 13.0. The molecule has 0 aliphatic rings. The number of carbonyl (C=O) groups excluding carboxylic acids is 1. The van der Waals surface area contributed by atoms with E-state index in [1.807, 2.05) is 17.7 Å². The van der Waals surface area contributed by atoms with Gasteiger partial charge < -0.3 is 9.88 Å². The fraction of sp³-hybridized carbons (Fsp3) is 0.214. The van der Waals surface area contributed by atoms with Crippen LogP contribution in [-0.2, 0) is 6.54 Å². The number of aromatic nitrogens is 1. The lowest BCUT2D eigenvalue weighted by molar-refractivity contribution is -0.384. The Morgan fingerprint density at radius 3 is 2.86 bits per heavy atom. The Bertz CT molecular complexity index is 682. The van der Waals surface area contributed by atoms with Crippen LogP contribution in [0, 0.1) is 10.1 Å². The molecule has 2 aromatic rings. The van der Waals surface area contributed by atoms with Crippen molar-refractivity contribution >= 4 is 33.2 Å². The molecule has 21 heavy (non-hydrogen) atoms. The third kappa shape index (κ3) is 3.69. The van der Waals surface area contributed by atoms with Gasteiger partial charge in [-0.3, -0.25) is 14.9 Å². The van der Waals surface area contributed by atoms with Crippen molar-refractivity contribution in [2.45, 2.75) is 19.9 Å². The molecule has 6 nitrogen and oxygen atoms in total. The lowest BCUT2D eigenvalue weighted by atomic mass is 10.2. The maximum Gasteiger partial charge on any atom is 0.272 e. The van der Waals surface area contributed by atoms with Crippen molar-refractivity contribution < 1.29 is 9.72 Å². The fourth-order valence-corrected chi connectivity index (χ4v) is 2.45. The second kappa shape index (κ2) is 6.53. The van der Waals surface area contributed by atoms with Gasteiger partial charge in [-0.15, -0.1) is 0 Å². The monoisotopic (exact) mass is 351 g/mol. The Labute approximate surface area is 130 Å². The van der Waals surface area contributed by atoms with Gasteiger partial charge in [-0.1, -0.05) is 13.0 Å². The molecule has 1 N–H and O–H groups in total. The van der Waals surface area contributed by atoms with Crippen LogP contribution in [0.3, 0.4) is 0 Å². The van der Waals surface area contributed by atoms with Gasteiger partial charge in [0.1, 0.15) is 5.69 Å². The van der Waals surface area contributed by atoms with Crippen LogP contribution in [0.25, 0.3) is 0 Å². The van der Waals surface area contributed by atoms with Gasteiger partial charge in [0.05, 0.1) is 4.92 Å². The lowest BCUT2D eigenvalue weighted by Crippen LogP contribution is -2.16. The van der Waals surface area contributed by atoms with Crippen molar-refractivity contribution in [2.24, 2.45) is 0 Å². The smallest absolute Gasteiger partial charge is 0.272 e. The Morgan fingerprint density at radius 1 is 1.43 bits per heavy atom. The highest BCUT2D eigenvalue weighted by Crippen LogP contribution is 2.20. The number of nitrogens with one attached hydrogen (secondary N) is 1. The second-order valence-electron chi connectivity index (χ2n) is 4.50. The summed E-state index contributed by atoms with van der Waals surface area (Å²) in [5, 5.41) is 13.4. The van der Waals surface area contributed by atoms with Crippen LogP contribution in [0.2, 0.25) is 0 Å². The molecule has 0 aliphatic heterocycles. The van der Waals surface area contributed by atoms with Crippen LogP contribution in [-0.4, -0.2) is 15.4 Å². The van der Waals surface area contributed by atoms with E-state index in [4.69, 9.17) is 0 Å². The van der Waals surface area contributed by atoms with Crippen molar-refractivity contribution in [3.05, 3.63) is 56.8 Å². The maximum absolute atomic E-state index is 12.3. The summed E-state index contributed by atoms with van der Waals surface area (Å²) in [6.07, 6.45) is 2.74. The Morgan fingerprint density at radius 2 is 2.19 bits per heavy atom. The summed E-state index contributed by atoms with van der Waals surface area (Å²) < 4.78 is 2.66. The van der Waals surface area contributed by atoms with Gasteiger partial charge >= 0.3 is 0 Å². The molecule has 0 saturated carbocycles. The molecule has 7 heteroatoms. The van der Waals surface area contributed by atoms with Gasteiger partial charge in [-0.25, -0.2) is 0 Å². The zero-order chi connectivity index (χ0) is 15.4. The first-order chi connectivity index (χ1) is 10.0. The van der Waals surface area contributed by atoms with E-state index in [0.717, 1.165) is 17.4 Å². The van der Waals surface area contributed by atoms with Crippen molar-refractivity contribution in [1.82, 2.24) is 4.57 Å². The number of nitrogens with zero attached hydrogens (tertiary/aromatic N) is 2. The van der Waals surface area contributed by atoms with Crippen molar-refractivity contribution in [3.63, 3.8) is 0 Å². The van der Waals surface area contributed by atoms with Crippen molar-refractivity contribution in [3.8, 4) is 0 Å². The number of nitro benzene ring substituents is 1. The van der Waals surface area contributed by atoms with Crippen LogP contribution in [0.15, 0.2) is 41.0 Å². The molecule has 0 fully saturated rings. The van der Waals surface area contributed by atoms with E-state index in [-0.39, 0.29) is 11.6 Å². The van der Waals surface area contributed by atoms with Gasteiger partial charge in [-0.2, -0.15) is 0 Å². The van der Waals surface area contributed by atoms with Crippen LogP contribution < -0.4 is 5.32 Å². The average Bonchev–Trinajstić information content (AvgIpc) is 2.80. The number of non-ortho nitro benzene ring substituents is 1. The molecule has 0 spiro atoms. The molecule has 1 heterocycles. The highest BCUT2D eigenvalue weighted by Gasteiger charge is 2.14. The number of aryl methyl sites for hydroxylation is 1. The number of hydrogen-bond donors (Lipinski definition) is 1. The van der Waals surface area contributed by atoms with E-state index in [0.29, 0.717) is 11.4 Å². The molecule has 1 aromatic carbocycles. The van der Waals surface area contributed by atoms with Crippen molar-refractivity contribution in [1.29, 1.82) is 0 Å². The third-order valence-electron chi connectivity index (χ3n) is 2.88.